The Morgan fingerprint density at radius 3 is 2.69 bits per heavy atom. The van der Waals surface area contributed by atoms with Crippen molar-refractivity contribution in [2.24, 2.45) is 5.92 Å². The molecule has 0 amide bonds. The van der Waals surface area contributed by atoms with E-state index < -0.39 is 15.8 Å². The number of nitrogens with zero attached hydrogens (tertiary/aromatic N) is 1. The van der Waals surface area contributed by atoms with Gasteiger partial charge in [-0.15, -0.1) is 11.3 Å². The SMILES string of the molecule is O=C(c1ccc2[nH]c(=O)oc2c1)C1CCN(S(=O)(=O)c2cccs2)CC1. The van der Waals surface area contributed by atoms with E-state index in [0.29, 0.717) is 46.8 Å². The average molecular weight is 392 g/mol. The Labute approximate surface area is 153 Å². The maximum absolute atomic E-state index is 12.7. The lowest BCUT2D eigenvalue weighted by atomic mass is 9.89. The number of thiophene rings is 1. The van der Waals surface area contributed by atoms with Crippen LogP contribution in [0.25, 0.3) is 11.1 Å². The highest BCUT2D eigenvalue weighted by molar-refractivity contribution is 7.91. The van der Waals surface area contributed by atoms with Gasteiger partial charge in [0, 0.05) is 24.6 Å². The van der Waals surface area contributed by atoms with Gasteiger partial charge in [0.1, 0.15) is 4.21 Å². The third-order valence-corrected chi connectivity index (χ3v) is 7.89. The molecule has 2 aromatic heterocycles. The summed E-state index contributed by atoms with van der Waals surface area (Å²) < 4.78 is 31.9. The Kier molecular flexibility index (Phi) is 4.29. The van der Waals surface area contributed by atoms with E-state index >= 15 is 0 Å². The highest BCUT2D eigenvalue weighted by Crippen LogP contribution is 2.28. The lowest BCUT2D eigenvalue weighted by molar-refractivity contribution is 0.0875. The van der Waals surface area contributed by atoms with E-state index in [1.807, 2.05) is 0 Å². The molecule has 0 spiro atoms. The van der Waals surface area contributed by atoms with Gasteiger partial charge in [-0.3, -0.25) is 9.78 Å². The maximum Gasteiger partial charge on any atom is 0.417 e. The van der Waals surface area contributed by atoms with Crippen molar-refractivity contribution in [1.29, 1.82) is 0 Å². The van der Waals surface area contributed by atoms with Gasteiger partial charge in [-0.2, -0.15) is 4.31 Å². The number of oxazole rings is 1. The minimum atomic E-state index is -3.47. The van der Waals surface area contributed by atoms with E-state index in [-0.39, 0.29) is 11.7 Å². The number of hydrogen-bond acceptors (Lipinski definition) is 6. The van der Waals surface area contributed by atoms with Gasteiger partial charge < -0.3 is 4.42 Å². The number of sulfonamides is 1. The molecule has 4 rings (SSSR count). The van der Waals surface area contributed by atoms with Crippen LogP contribution in [0.5, 0.6) is 0 Å². The van der Waals surface area contributed by atoms with Crippen LogP contribution in [0.1, 0.15) is 23.2 Å². The van der Waals surface area contributed by atoms with E-state index in [0.717, 1.165) is 0 Å². The zero-order valence-corrected chi connectivity index (χ0v) is 15.3. The van der Waals surface area contributed by atoms with Gasteiger partial charge in [0.15, 0.2) is 11.4 Å². The second kappa shape index (κ2) is 6.49. The Morgan fingerprint density at radius 1 is 1.23 bits per heavy atom. The van der Waals surface area contributed by atoms with Crippen molar-refractivity contribution in [3.05, 3.63) is 51.8 Å². The molecule has 3 aromatic rings. The van der Waals surface area contributed by atoms with Gasteiger partial charge in [0.05, 0.1) is 5.52 Å². The fourth-order valence-corrected chi connectivity index (χ4v) is 5.84. The number of aromatic nitrogens is 1. The molecule has 9 heteroatoms. The minimum absolute atomic E-state index is 0.0519. The number of aromatic amines is 1. The van der Waals surface area contributed by atoms with Crippen LogP contribution in [0.4, 0.5) is 0 Å². The van der Waals surface area contributed by atoms with Crippen molar-refractivity contribution in [2.75, 3.05) is 13.1 Å². The molecule has 1 aliphatic heterocycles. The summed E-state index contributed by atoms with van der Waals surface area (Å²) in [5.41, 5.74) is 1.36. The number of ketones is 1. The maximum atomic E-state index is 12.7. The molecule has 0 unspecified atom stereocenters. The first-order valence-electron chi connectivity index (χ1n) is 8.16. The van der Waals surface area contributed by atoms with Gasteiger partial charge in [-0.05, 0) is 42.5 Å². The lowest BCUT2D eigenvalue weighted by Gasteiger charge is -2.30. The fraction of sp³-hybridized carbons (Fsp3) is 0.294. The van der Waals surface area contributed by atoms with E-state index in [4.69, 9.17) is 4.42 Å². The van der Waals surface area contributed by atoms with Crippen molar-refractivity contribution in [1.82, 2.24) is 9.29 Å². The summed E-state index contributed by atoms with van der Waals surface area (Å²) in [6.45, 7) is 0.635. The van der Waals surface area contributed by atoms with Crippen LogP contribution in [-0.2, 0) is 10.0 Å². The van der Waals surface area contributed by atoms with Crippen LogP contribution < -0.4 is 5.76 Å². The molecular weight excluding hydrogens is 376 g/mol. The number of carbonyl (C=O) groups excluding carboxylic acids is 1. The highest BCUT2D eigenvalue weighted by atomic mass is 32.2. The third kappa shape index (κ3) is 3.02. The highest BCUT2D eigenvalue weighted by Gasteiger charge is 2.33. The molecule has 1 N–H and O–H groups in total. The van der Waals surface area contributed by atoms with Crippen molar-refractivity contribution < 1.29 is 17.6 Å². The third-order valence-electron chi connectivity index (χ3n) is 4.62. The van der Waals surface area contributed by atoms with Crippen LogP contribution in [0.15, 0.2) is 49.1 Å². The lowest BCUT2D eigenvalue weighted by Crippen LogP contribution is -2.40. The summed E-state index contributed by atoms with van der Waals surface area (Å²) >= 11 is 1.20. The van der Waals surface area contributed by atoms with Crippen LogP contribution in [0, 0.1) is 5.92 Å². The number of fused-ring (bicyclic) bond motifs is 1. The Morgan fingerprint density at radius 2 is 2.00 bits per heavy atom. The molecule has 136 valence electrons. The number of H-pyrrole nitrogens is 1. The molecule has 0 bridgehead atoms. The Balaban J connectivity index is 1.48. The van der Waals surface area contributed by atoms with Crippen LogP contribution in [0.3, 0.4) is 0 Å². The smallest absolute Gasteiger partial charge is 0.408 e. The predicted molar refractivity (Wildman–Crippen MR) is 97.0 cm³/mol. The van der Waals surface area contributed by atoms with E-state index in [9.17, 15) is 18.0 Å². The molecule has 0 atom stereocenters. The van der Waals surface area contributed by atoms with Gasteiger partial charge in [-0.25, -0.2) is 13.2 Å². The van der Waals surface area contributed by atoms with E-state index in [1.54, 1.807) is 35.7 Å². The molecule has 3 heterocycles. The van der Waals surface area contributed by atoms with Gasteiger partial charge in [-0.1, -0.05) is 6.07 Å². The van der Waals surface area contributed by atoms with Gasteiger partial charge in [0.2, 0.25) is 0 Å². The summed E-state index contributed by atoms with van der Waals surface area (Å²) in [6.07, 6.45) is 0.942. The molecule has 1 aliphatic rings. The zero-order valence-electron chi connectivity index (χ0n) is 13.7. The molecule has 0 radical (unpaired) electrons. The van der Waals surface area contributed by atoms with Crippen molar-refractivity contribution in [2.45, 2.75) is 17.1 Å². The number of piperidine rings is 1. The first-order valence-corrected chi connectivity index (χ1v) is 10.5. The Hall–Kier alpha value is -2.23. The number of Topliss-reactive ketones (excluding diaryl/α,β-unsaturated/α-hetero) is 1. The normalized spacial score (nSPS) is 16.9. The van der Waals surface area contributed by atoms with Gasteiger partial charge >= 0.3 is 5.76 Å². The second-order valence-electron chi connectivity index (χ2n) is 6.20. The first-order chi connectivity index (χ1) is 12.4. The first kappa shape index (κ1) is 17.2. The predicted octanol–water partition coefficient (Wildman–Crippen LogP) is 2.47. The van der Waals surface area contributed by atoms with Crippen LogP contribution >= 0.6 is 11.3 Å². The van der Waals surface area contributed by atoms with Crippen LogP contribution in [-0.4, -0.2) is 36.6 Å². The number of benzene rings is 1. The molecule has 1 fully saturated rings. The average Bonchev–Trinajstić information content (AvgIpc) is 3.29. The van der Waals surface area contributed by atoms with E-state index in [2.05, 4.69) is 4.98 Å². The molecule has 26 heavy (non-hydrogen) atoms. The summed E-state index contributed by atoms with van der Waals surface area (Å²) in [6, 6.07) is 8.17. The molecule has 1 aromatic carbocycles. The minimum Gasteiger partial charge on any atom is -0.408 e. The van der Waals surface area contributed by atoms with Crippen molar-refractivity contribution in [3.8, 4) is 0 Å². The van der Waals surface area contributed by atoms with Crippen molar-refractivity contribution >= 4 is 38.2 Å². The zero-order chi connectivity index (χ0) is 18.3. The molecule has 0 saturated carbocycles. The fourth-order valence-electron chi connectivity index (χ4n) is 3.23. The molecule has 0 aliphatic carbocycles. The largest absolute Gasteiger partial charge is 0.417 e. The topological polar surface area (TPSA) is 100 Å². The summed E-state index contributed by atoms with van der Waals surface area (Å²) in [4.78, 5) is 26.5. The number of hydrogen-bond donors (Lipinski definition) is 1. The number of carbonyl (C=O) groups is 1. The molecule has 7 nitrogen and oxygen atoms in total. The molecular formula is C17H16N2O5S2. The van der Waals surface area contributed by atoms with Crippen LogP contribution in [0.2, 0.25) is 0 Å². The summed E-state index contributed by atoms with van der Waals surface area (Å²) in [7, 11) is -3.47. The summed E-state index contributed by atoms with van der Waals surface area (Å²) in [5, 5.41) is 1.73. The van der Waals surface area contributed by atoms with Gasteiger partial charge in [0.25, 0.3) is 10.0 Å². The standard InChI is InChI=1S/C17H16N2O5S2/c20-16(12-3-4-13-14(10-12)24-17(21)18-13)11-5-7-19(8-6-11)26(22,23)15-2-1-9-25-15/h1-4,9-11H,5-8H2,(H,18,21). The Bertz CT molecular complexity index is 1100. The van der Waals surface area contributed by atoms with Crippen molar-refractivity contribution in [3.63, 3.8) is 0 Å². The molecule has 1 saturated heterocycles. The number of nitrogens with one attached hydrogen (secondary N) is 1. The quantitative estimate of drug-likeness (QED) is 0.688. The van der Waals surface area contributed by atoms with E-state index in [1.165, 1.54) is 15.6 Å². The number of rotatable bonds is 4. The summed E-state index contributed by atoms with van der Waals surface area (Å²) in [5.74, 6) is -0.853. The monoisotopic (exact) mass is 392 g/mol. The second-order valence-corrected chi connectivity index (χ2v) is 9.31.